The molecule has 0 aliphatic carbocycles. The zero-order chi connectivity index (χ0) is 24.9. The van der Waals surface area contributed by atoms with E-state index in [0.29, 0.717) is 22.9 Å². The van der Waals surface area contributed by atoms with Crippen LogP contribution in [0.2, 0.25) is 5.02 Å². The third-order valence-electron chi connectivity index (χ3n) is 5.28. The van der Waals surface area contributed by atoms with Crippen molar-refractivity contribution in [2.75, 3.05) is 35.8 Å². The van der Waals surface area contributed by atoms with Crippen molar-refractivity contribution in [1.82, 2.24) is 0 Å². The van der Waals surface area contributed by atoms with Crippen LogP contribution in [0.1, 0.15) is 16.8 Å². The Bertz CT molecular complexity index is 1300. The molecular weight excluding hydrogens is 477 g/mol. The van der Waals surface area contributed by atoms with Crippen molar-refractivity contribution in [2.24, 2.45) is 0 Å². The van der Waals surface area contributed by atoms with Gasteiger partial charge in [0.2, 0.25) is 5.91 Å². The lowest BCUT2D eigenvalue weighted by Crippen LogP contribution is -2.40. The van der Waals surface area contributed by atoms with Crippen molar-refractivity contribution >= 4 is 46.4 Å². The number of rotatable bonds is 7. The van der Waals surface area contributed by atoms with Crippen molar-refractivity contribution in [1.29, 1.82) is 0 Å². The molecule has 0 aromatic heterocycles. The van der Waals surface area contributed by atoms with Crippen molar-refractivity contribution in [3.8, 4) is 11.5 Å². The lowest BCUT2D eigenvalue weighted by atomic mass is 10.2. The third-order valence-corrected chi connectivity index (χ3v) is 5.51. The summed E-state index contributed by atoms with van der Waals surface area (Å²) in [5.41, 5.74) is 1.04. The number of amides is 3. The van der Waals surface area contributed by atoms with Crippen LogP contribution in [0, 0.1) is 5.82 Å². The molecule has 8 nitrogen and oxygen atoms in total. The zero-order valence-electron chi connectivity index (χ0n) is 18.6. The predicted molar refractivity (Wildman–Crippen MR) is 130 cm³/mol. The normalized spacial score (nSPS) is 12.4. The van der Waals surface area contributed by atoms with Gasteiger partial charge in [0, 0.05) is 23.7 Å². The Morgan fingerprint density at radius 2 is 1.91 bits per heavy atom. The van der Waals surface area contributed by atoms with Gasteiger partial charge in [-0.15, -0.1) is 0 Å². The summed E-state index contributed by atoms with van der Waals surface area (Å²) < 4.78 is 24.8. The van der Waals surface area contributed by atoms with Gasteiger partial charge >= 0.3 is 0 Å². The van der Waals surface area contributed by atoms with Gasteiger partial charge in [-0.05, 0) is 48.5 Å². The van der Waals surface area contributed by atoms with E-state index in [9.17, 15) is 18.8 Å². The van der Waals surface area contributed by atoms with E-state index in [-0.39, 0.29) is 47.7 Å². The lowest BCUT2D eigenvalue weighted by Gasteiger charge is -2.29. The topological polar surface area (TPSA) is 97.0 Å². The van der Waals surface area contributed by atoms with E-state index in [1.165, 1.54) is 30.2 Å². The highest BCUT2D eigenvalue weighted by molar-refractivity contribution is 6.30. The SMILES string of the molecule is COc1ccc(NC(=O)CCN2C(=O)COc3ccccc32)cc1NC(=O)c1ccc(Cl)cc1F. The second-order valence-electron chi connectivity index (χ2n) is 7.59. The predicted octanol–water partition coefficient (Wildman–Crippen LogP) is 4.49. The summed E-state index contributed by atoms with van der Waals surface area (Å²) in [5.74, 6) is -1.14. The number of carbonyl (C=O) groups is 3. The summed E-state index contributed by atoms with van der Waals surface area (Å²) in [6.07, 6.45) is 0.0315. The van der Waals surface area contributed by atoms with E-state index in [0.717, 1.165) is 6.07 Å². The number of halogens is 2. The number of nitrogens with one attached hydrogen (secondary N) is 2. The maximum atomic E-state index is 14.1. The molecule has 35 heavy (non-hydrogen) atoms. The van der Waals surface area contributed by atoms with Crippen LogP contribution in [0.5, 0.6) is 11.5 Å². The van der Waals surface area contributed by atoms with Gasteiger partial charge in [-0.1, -0.05) is 23.7 Å². The van der Waals surface area contributed by atoms with Crippen LogP contribution in [0.4, 0.5) is 21.5 Å². The van der Waals surface area contributed by atoms with Gasteiger partial charge in [0.25, 0.3) is 11.8 Å². The molecule has 0 saturated carbocycles. The standard InChI is InChI=1S/C25H21ClFN3O5/c1-34-21-9-7-16(13-19(21)29-25(33)17-8-6-15(26)12-18(17)27)28-23(31)10-11-30-20-4-2-3-5-22(20)35-14-24(30)32/h2-9,12-13H,10-11,14H2,1H3,(H,28,31)(H,29,33). The van der Waals surface area contributed by atoms with Gasteiger partial charge in [0.05, 0.1) is 24.0 Å². The first-order valence-corrected chi connectivity index (χ1v) is 11.0. The van der Waals surface area contributed by atoms with E-state index in [2.05, 4.69) is 10.6 Å². The molecule has 10 heteroatoms. The number of ether oxygens (including phenoxy) is 2. The van der Waals surface area contributed by atoms with Gasteiger partial charge < -0.3 is 25.0 Å². The summed E-state index contributed by atoms with van der Waals surface area (Å²) in [6.45, 7) is 0.0784. The summed E-state index contributed by atoms with van der Waals surface area (Å²) in [5, 5.41) is 5.49. The Kier molecular flexibility index (Phi) is 7.17. The maximum absolute atomic E-state index is 14.1. The van der Waals surface area contributed by atoms with Crippen LogP contribution in [-0.2, 0) is 9.59 Å². The van der Waals surface area contributed by atoms with E-state index in [4.69, 9.17) is 21.1 Å². The summed E-state index contributed by atoms with van der Waals surface area (Å²) in [6, 6.07) is 15.5. The molecule has 3 aromatic rings. The first kappa shape index (κ1) is 24.0. The first-order valence-electron chi connectivity index (χ1n) is 10.6. The average Bonchev–Trinajstić information content (AvgIpc) is 2.83. The fraction of sp³-hybridized carbons (Fsp3) is 0.160. The molecule has 180 valence electrons. The number of nitrogens with zero attached hydrogens (tertiary/aromatic N) is 1. The quantitative estimate of drug-likeness (QED) is 0.501. The van der Waals surface area contributed by atoms with Crippen LogP contribution in [0.3, 0.4) is 0 Å². The molecule has 0 fully saturated rings. The van der Waals surface area contributed by atoms with E-state index < -0.39 is 11.7 Å². The fourth-order valence-electron chi connectivity index (χ4n) is 3.58. The van der Waals surface area contributed by atoms with Crippen LogP contribution in [-0.4, -0.2) is 38.0 Å². The Balaban J connectivity index is 1.43. The highest BCUT2D eigenvalue weighted by atomic mass is 35.5. The number of carbonyl (C=O) groups excluding carboxylic acids is 3. The molecular formula is C25H21ClFN3O5. The number of methoxy groups -OCH3 is 1. The van der Waals surface area contributed by atoms with Gasteiger partial charge in [0.15, 0.2) is 6.61 Å². The van der Waals surface area contributed by atoms with Crippen LogP contribution in [0.25, 0.3) is 0 Å². The van der Waals surface area contributed by atoms with Crippen molar-refractivity contribution in [3.05, 3.63) is 77.1 Å². The fourth-order valence-corrected chi connectivity index (χ4v) is 3.74. The molecule has 0 saturated heterocycles. The molecule has 0 bridgehead atoms. The minimum Gasteiger partial charge on any atom is -0.495 e. The van der Waals surface area contributed by atoms with Crippen LogP contribution >= 0.6 is 11.6 Å². The second kappa shape index (κ2) is 10.4. The van der Waals surface area contributed by atoms with Gasteiger partial charge in [-0.3, -0.25) is 14.4 Å². The van der Waals surface area contributed by atoms with Gasteiger partial charge in [0.1, 0.15) is 17.3 Å². The van der Waals surface area contributed by atoms with Gasteiger partial charge in [-0.2, -0.15) is 0 Å². The molecule has 0 atom stereocenters. The highest BCUT2D eigenvalue weighted by Gasteiger charge is 2.25. The van der Waals surface area contributed by atoms with E-state index in [1.807, 2.05) is 0 Å². The minimum atomic E-state index is -0.766. The van der Waals surface area contributed by atoms with Crippen molar-refractivity contribution in [3.63, 3.8) is 0 Å². The second-order valence-corrected chi connectivity index (χ2v) is 8.03. The molecule has 3 aromatic carbocycles. The molecule has 1 aliphatic rings. The van der Waals surface area contributed by atoms with Crippen molar-refractivity contribution in [2.45, 2.75) is 6.42 Å². The summed E-state index contributed by atoms with van der Waals surface area (Å²) >= 11 is 5.75. The smallest absolute Gasteiger partial charge is 0.265 e. The molecule has 0 spiro atoms. The maximum Gasteiger partial charge on any atom is 0.265 e. The lowest BCUT2D eigenvalue weighted by molar-refractivity contribution is -0.121. The Labute approximate surface area is 205 Å². The van der Waals surface area contributed by atoms with Gasteiger partial charge in [-0.25, -0.2) is 4.39 Å². The monoisotopic (exact) mass is 497 g/mol. The number of anilines is 3. The Hall–Kier alpha value is -4.11. The van der Waals surface area contributed by atoms with E-state index >= 15 is 0 Å². The number of hydrogen-bond acceptors (Lipinski definition) is 5. The summed E-state index contributed by atoms with van der Waals surface area (Å²) in [4.78, 5) is 39.0. The largest absolute Gasteiger partial charge is 0.495 e. The van der Waals surface area contributed by atoms with E-state index in [1.54, 1.807) is 36.4 Å². The molecule has 0 radical (unpaired) electrons. The number of para-hydroxylation sites is 2. The third kappa shape index (κ3) is 5.52. The summed E-state index contributed by atoms with van der Waals surface area (Å²) in [7, 11) is 1.42. The molecule has 1 aliphatic heterocycles. The Morgan fingerprint density at radius 1 is 1.11 bits per heavy atom. The zero-order valence-corrected chi connectivity index (χ0v) is 19.4. The van der Waals surface area contributed by atoms with Crippen molar-refractivity contribution < 1.29 is 28.2 Å². The number of hydrogen-bond donors (Lipinski definition) is 2. The average molecular weight is 498 g/mol. The Morgan fingerprint density at radius 3 is 2.69 bits per heavy atom. The number of benzene rings is 3. The molecule has 3 amide bonds. The molecule has 4 rings (SSSR count). The molecule has 0 unspecified atom stereocenters. The minimum absolute atomic E-state index is 0.0315. The van der Waals surface area contributed by atoms with Crippen LogP contribution < -0.4 is 25.0 Å². The first-order chi connectivity index (χ1) is 16.9. The molecule has 2 N–H and O–H groups in total. The highest BCUT2D eigenvalue weighted by Crippen LogP contribution is 2.32. The molecule has 1 heterocycles. The number of fused-ring (bicyclic) bond motifs is 1. The van der Waals surface area contributed by atoms with Crippen LogP contribution in [0.15, 0.2) is 60.7 Å².